The van der Waals surface area contributed by atoms with E-state index in [4.69, 9.17) is 14.2 Å². The molecule has 0 aliphatic rings. The molecule has 0 fully saturated rings. The molecule has 2 aromatic carbocycles. The maximum Gasteiger partial charge on any atom is 0.315 e. The van der Waals surface area contributed by atoms with E-state index in [0.29, 0.717) is 29.7 Å². The molecule has 29 heavy (non-hydrogen) atoms. The largest absolute Gasteiger partial charge is 0.504 e. The van der Waals surface area contributed by atoms with Crippen molar-refractivity contribution in [2.24, 2.45) is 0 Å². The molecule has 0 unspecified atom stereocenters. The van der Waals surface area contributed by atoms with Crippen LogP contribution in [0, 0.1) is 10.1 Å². The second-order valence-electron chi connectivity index (χ2n) is 6.02. The van der Waals surface area contributed by atoms with Crippen LogP contribution in [0.15, 0.2) is 36.7 Å². The Balaban J connectivity index is 0.00000300. The van der Waals surface area contributed by atoms with Gasteiger partial charge in [-0.25, -0.2) is 0 Å². The summed E-state index contributed by atoms with van der Waals surface area (Å²) in [5, 5.41) is 23.2. The molecule has 154 valence electrons. The number of aromatic hydroxyl groups is 1. The van der Waals surface area contributed by atoms with Crippen molar-refractivity contribution in [3.8, 4) is 23.0 Å². The lowest BCUT2D eigenvalue weighted by atomic mass is 9.99. The number of methoxy groups -OCH3 is 2. The fraction of sp³-hybridized carbons (Fsp3) is 0.250. The minimum Gasteiger partial charge on any atom is -0.504 e. The van der Waals surface area contributed by atoms with E-state index in [1.165, 1.54) is 20.3 Å². The highest BCUT2D eigenvalue weighted by molar-refractivity contribution is 5.92. The highest BCUT2D eigenvalue weighted by Crippen LogP contribution is 2.40. The monoisotopic (exact) mass is 420 g/mol. The standard InChI is InChI=1S/C20H20N2O6.ClH/c1-4-28-17-6-5-14-13(10-21-11-15(14)19(17)23)7-12-8-16(22(24)25)20(27-3)18(9-12)26-2;/h5-6,8-11,23H,4,7H2,1-3H3;1H. The number of hydrogen-bond acceptors (Lipinski definition) is 7. The van der Waals surface area contributed by atoms with Crippen LogP contribution in [-0.2, 0) is 6.42 Å². The Hall–Kier alpha value is -3.26. The van der Waals surface area contributed by atoms with E-state index < -0.39 is 4.92 Å². The fourth-order valence-electron chi connectivity index (χ4n) is 3.14. The first-order chi connectivity index (χ1) is 13.5. The van der Waals surface area contributed by atoms with Crippen LogP contribution >= 0.6 is 12.4 Å². The Morgan fingerprint density at radius 1 is 1.10 bits per heavy atom. The summed E-state index contributed by atoms with van der Waals surface area (Å²) in [6.45, 7) is 2.27. The number of benzene rings is 2. The molecule has 1 N–H and O–H groups in total. The topological polar surface area (TPSA) is 104 Å². The van der Waals surface area contributed by atoms with E-state index in [9.17, 15) is 15.2 Å². The molecule has 3 rings (SSSR count). The Kier molecular flexibility index (Phi) is 7.06. The number of halogens is 1. The SMILES string of the molecule is CCOc1ccc2c(Cc3cc(OC)c(OC)c([N+](=O)[O-])c3)cncc2c1O.Cl. The number of nitro benzene ring substituents is 1. The Morgan fingerprint density at radius 3 is 2.48 bits per heavy atom. The summed E-state index contributed by atoms with van der Waals surface area (Å²) in [4.78, 5) is 15.1. The van der Waals surface area contributed by atoms with E-state index in [2.05, 4.69) is 4.98 Å². The summed E-state index contributed by atoms with van der Waals surface area (Å²) < 4.78 is 15.8. The van der Waals surface area contributed by atoms with E-state index in [1.807, 2.05) is 13.0 Å². The Labute approximate surface area is 173 Å². The zero-order valence-corrected chi connectivity index (χ0v) is 17.0. The summed E-state index contributed by atoms with van der Waals surface area (Å²) in [7, 11) is 2.79. The molecule has 3 aromatic rings. The Morgan fingerprint density at radius 2 is 1.86 bits per heavy atom. The molecule has 1 heterocycles. The number of ether oxygens (including phenoxy) is 3. The quantitative estimate of drug-likeness (QED) is 0.449. The lowest BCUT2D eigenvalue weighted by Crippen LogP contribution is -2.00. The lowest BCUT2D eigenvalue weighted by molar-refractivity contribution is -0.385. The van der Waals surface area contributed by atoms with Crippen molar-refractivity contribution in [2.75, 3.05) is 20.8 Å². The molecule has 0 atom stereocenters. The smallest absolute Gasteiger partial charge is 0.315 e. The van der Waals surface area contributed by atoms with Gasteiger partial charge in [0.05, 0.1) is 25.7 Å². The molecule has 0 bridgehead atoms. The van der Waals surface area contributed by atoms with E-state index in [0.717, 1.165) is 10.9 Å². The van der Waals surface area contributed by atoms with Crippen LogP contribution in [0.4, 0.5) is 5.69 Å². The van der Waals surface area contributed by atoms with Crippen LogP contribution in [0.2, 0.25) is 0 Å². The van der Waals surface area contributed by atoms with Crippen molar-refractivity contribution in [1.29, 1.82) is 0 Å². The lowest BCUT2D eigenvalue weighted by Gasteiger charge is -2.13. The zero-order valence-electron chi connectivity index (χ0n) is 16.2. The number of nitro groups is 1. The molecule has 0 amide bonds. The van der Waals surface area contributed by atoms with Crippen molar-refractivity contribution >= 4 is 28.9 Å². The van der Waals surface area contributed by atoms with Crippen LogP contribution in [0.5, 0.6) is 23.0 Å². The average Bonchev–Trinajstić information content (AvgIpc) is 2.69. The maximum atomic E-state index is 11.4. The summed E-state index contributed by atoms with van der Waals surface area (Å²) >= 11 is 0. The van der Waals surface area contributed by atoms with Gasteiger partial charge in [-0.05, 0) is 42.0 Å². The van der Waals surface area contributed by atoms with Crippen molar-refractivity contribution in [1.82, 2.24) is 4.98 Å². The van der Waals surface area contributed by atoms with Gasteiger partial charge in [-0.1, -0.05) is 6.07 Å². The first kappa shape index (κ1) is 22.0. The van der Waals surface area contributed by atoms with Crippen LogP contribution in [-0.4, -0.2) is 35.8 Å². The Bertz CT molecular complexity index is 1040. The third kappa shape index (κ3) is 4.27. The number of nitrogens with zero attached hydrogens (tertiary/aromatic N) is 2. The molecule has 0 aliphatic carbocycles. The van der Waals surface area contributed by atoms with E-state index >= 15 is 0 Å². The highest BCUT2D eigenvalue weighted by Gasteiger charge is 2.22. The second-order valence-corrected chi connectivity index (χ2v) is 6.02. The third-order valence-corrected chi connectivity index (χ3v) is 4.37. The minimum absolute atomic E-state index is 0. The minimum atomic E-state index is -0.508. The molecule has 0 saturated heterocycles. The molecule has 9 heteroatoms. The van der Waals surface area contributed by atoms with Gasteiger partial charge in [0.2, 0.25) is 5.75 Å². The number of phenolic OH excluding ortho intramolecular Hbond substituents is 1. The molecule has 0 radical (unpaired) electrons. The van der Waals surface area contributed by atoms with Crippen LogP contribution < -0.4 is 14.2 Å². The molecular weight excluding hydrogens is 400 g/mol. The van der Waals surface area contributed by atoms with Gasteiger partial charge < -0.3 is 19.3 Å². The molecule has 0 aliphatic heterocycles. The van der Waals surface area contributed by atoms with Gasteiger partial charge in [0.1, 0.15) is 0 Å². The van der Waals surface area contributed by atoms with Gasteiger partial charge in [0.15, 0.2) is 17.2 Å². The number of phenols is 1. The van der Waals surface area contributed by atoms with E-state index in [1.54, 1.807) is 24.5 Å². The number of fused-ring (bicyclic) bond motifs is 1. The van der Waals surface area contributed by atoms with Gasteiger partial charge in [-0.3, -0.25) is 15.1 Å². The molecule has 1 aromatic heterocycles. The maximum absolute atomic E-state index is 11.4. The normalized spacial score (nSPS) is 10.3. The van der Waals surface area contributed by atoms with Crippen molar-refractivity contribution in [3.05, 3.63) is 57.9 Å². The van der Waals surface area contributed by atoms with Crippen molar-refractivity contribution in [3.63, 3.8) is 0 Å². The van der Waals surface area contributed by atoms with Gasteiger partial charge in [-0.2, -0.15) is 0 Å². The van der Waals surface area contributed by atoms with Crippen molar-refractivity contribution < 1.29 is 24.2 Å². The predicted octanol–water partition coefficient (Wildman–Crippen LogP) is 4.28. The molecule has 8 nitrogen and oxygen atoms in total. The number of rotatable bonds is 7. The van der Waals surface area contributed by atoms with Gasteiger partial charge >= 0.3 is 5.69 Å². The first-order valence-corrected chi connectivity index (χ1v) is 8.60. The fourth-order valence-corrected chi connectivity index (χ4v) is 3.14. The predicted molar refractivity (Wildman–Crippen MR) is 111 cm³/mol. The highest BCUT2D eigenvalue weighted by atomic mass is 35.5. The first-order valence-electron chi connectivity index (χ1n) is 8.60. The summed E-state index contributed by atoms with van der Waals surface area (Å²) in [6, 6.07) is 6.68. The van der Waals surface area contributed by atoms with Gasteiger partial charge in [0, 0.05) is 23.8 Å². The average molecular weight is 421 g/mol. The van der Waals surface area contributed by atoms with E-state index in [-0.39, 0.29) is 35.3 Å². The second kappa shape index (κ2) is 9.29. The summed E-state index contributed by atoms with van der Waals surface area (Å²) in [5.74, 6) is 0.760. The van der Waals surface area contributed by atoms with Crippen LogP contribution in [0.3, 0.4) is 0 Å². The van der Waals surface area contributed by atoms with Crippen molar-refractivity contribution in [2.45, 2.75) is 13.3 Å². The number of hydrogen-bond donors (Lipinski definition) is 1. The summed E-state index contributed by atoms with van der Waals surface area (Å²) in [5.41, 5.74) is 1.29. The number of aromatic nitrogens is 1. The molecule has 0 spiro atoms. The molecular formula is C20H21ClN2O6. The number of pyridine rings is 1. The van der Waals surface area contributed by atoms with Gasteiger partial charge in [-0.15, -0.1) is 12.4 Å². The third-order valence-electron chi connectivity index (χ3n) is 4.37. The summed E-state index contributed by atoms with van der Waals surface area (Å²) in [6.07, 6.45) is 3.59. The van der Waals surface area contributed by atoms with Crippen LogP contribution in [0.25, 0.3) is 10.8 Å². The molecule has 0 saturated carbocycles. The zero-order chi connectivity index (χ0) is 20.3. The van der Waals surface area contributed by atoms with Gasteiger partial charge in [0.25, 0.3) is 0 Å². The van der Waals surface area contributed by atoms with Crippen LogP contribution in [0.1, 0.15) is 18.1 Å².